The molecule has 0 aliphatic carbocycles. The summed E-state index contributed by atoms with van der Waals surface area (Å²) in [7, 11) is 0. The van der Waals surface area contributed by atoms with Gasteiger partial charge in [-0.2, -0.15) is 0 Å². The highest BCUT2D eigenvalue weighted by molar-refractivity contribution is 7.22. The highest BCUT2D eigenvalue weighted by atomic mass is 32.1. The van der Waals surface area contributed by atoms with Gasteiger partial charge in [-0.05, 0) is 53.9 Å². The van der Waals surface area contributed by atoms with Crippen LogP contribution in [0, 0.1) is 6.92 Å². The van der Waals surface area contributed by atoms with Crippen LogP contribution in [0.3, 0.4) is 0 Å². The van der Waals surface area contributed by atoms with Crippen molar-refractivity contribution in [3.8, 4) is 21.6 Å². The molecule has 0 aliphatic heterocycles. The number of H-pyrrole nitrogens is 1. The van der Waals surface area contributed by atoms with E-state index in [-0.39, 0.29) is 5.91 Å². The molecule has 164 valence electrons. The zero-order chi connectivity index (χ0) is 23.1. The van der Waals surface area contributed by atoms with Crippen molar-refractivity contribution in [2.45, 2.75) is 6.92 Å². The standard InChI is InChI=1S/C30H22N2OS/c1-19-7-9-20(10-8-19)22-11-13-25-27(18-22)34-29(21-5-3-2-4-6-21)28(25)30(33)32-24-12-14-26-23(17-24)15-16-31-26/h2-18,31H,1H3,(H,32,33). The summed E-state index contributed by atoms with van der Waals surface area (Å²) in [6, 6.07) is 33.0. The Balaban J connectivity index is 1.46. The number of benzene rings is 4. The van der Waals surface area contributed by atoms with Gasteiger partial charge < -0.3 is 10.3 Å². The van der Waals surface area contributed by atoms with Crippen LogP contribution in [0.1, 0.15) is 15.9 Å². The van der Waals surface area contributed by atoms with Crippen LogP contribution in [0.4, 0.5) is 5.69 Å². The number of carbonyl (C=O) groups is 1. The molecule has 3 nitrogen and oxygen atoms in total. The lowest BCUT2D eigenvalue weighted by Gasteiger charge is -2.08. The molecule has 6 aromatic rings. The normalized spacial score (nSPS) is 11.2. The van der Waals surface area contributed by atoms with Crippen LogP contribution < -0.4 is 5.32 Å². The fourth-order valence-corrected chi connectivity index (χ4v) is 5.61. The van der Waals surface area contributed by atoms with Gasteiger partial charge in [0, 0.05) is 37.8 Å². The second-order valence-corrected chi connectivity index (χ2v) is 9.54. The molecule has 4 aromatic carbocycles. The molecule has 1 amide bonds. The van der Waals surface area contributed by atoms with Crippen molar-refractivity contribution in [3.63, 3.8) is 0 Å². The number of rotatable bonds is 4. The average Bonchev–Trinajstić information content (AvgIpc) is 3.49. The van der Waals surface area contributed by atoms with Gasteiger partial charge in [-0.1, -0.05) is 72.3 Å². The van der Waals surface area contributed by atoms with Gasteiger partial charge in [0.1, 0.15) is 0 Å². The van der Waals surface area contributed by atoms with Crippen molar-refractivity contribution in [1.29, 1.82) is 0 Å². The molecule has 34 heavy (non-hydrogen) atoms. The Morgan fingerprint density at radius 2 is 1.59 bits per heavy atom. The maximum atomic E-state index is 13.6. The number of hydrogen-bond acceptors (Lipinski definition) is 2. The van der Waals surface area contributed by atoms with E-state index in [1.165, 1.54) is 11.1 Å². The lowest BCUT2D eigenvalue weighted by molar-refractivity contribution is 0.102. The van der Waals surface area contributed by atoms with E-state index in [9.17, 15) is 4.79 Å². The third kappa shape index (κ3) is 3.68. The number of aromatic nitrogens is 1. The van der Waals surface area contributed by atoms with Gasteiger partial charge in [0.25, 0.3) is 5.91 Å². The highest BCUT2D eigenvalue weighted by Crippen LogP contribution is 2.40. The minimum absolute atomic E-state index is 0.0944. The average molecular weight is 459 g/mol. The maximum Gasteiger partial charge on any atom is 0.257 e. The van der Waals surface area contributed by atoms with Gasteiger partial charge in [0.05, 0.1) is 5.56 Å². The van der Waals surface area contributed by atoms with Crippen LogP contribution in [0.2, 0.25) is 0 Å². The smallest absolute Gasteiger partial charge is 0.257 e. The third-order valence-electron chi connectivity index (χ3n) is 6.15. The van der Waals surface area contributed by atoms with Crippen LogP contribution in [-0.4, -0.2) is 10.9 Å². The van der Waals surface area contributed by atoms with Crippen molar-refractivity contribution in [3.05, 3.63) is 114 Å². The fourth-order valence-electron chi connectivity index (χ4n) is 4.37. The van der Waals surface area contributed by atoms with E-state index in [2.05, 4.69) is 71.8 Å². The number of anilines is 1. The quantitative estimate of drug-likeness (QED) is 0.274. The van der Waals surface area contributed by atoms with Gasteiger partial charge in [0.2, 0.25) is 0 Å². The minimum Gasteiger partial charge on any atom is -0.361 e. The summed E-state index contributed by atoms with van der Waals surface area (Å²) in [5.74, 6) is -0.0944. The summed E-state index contributed by atoms with van der Waals surface area (Å²) in [6.07, 6.45) is 1.90. The minimum atomic E-state index is -0.0944. The molecule has 2 aromatic heterocycles. The fraction of sp³-hybridized carbons (Fsp3) is 0.0333. The Bertz CT molecular complexity index is 1640. The van der Waals surface area contributed by atoms with E-state index in [1.807, 2.05) is 48.7 Å². The molecule has 0 radical (unpaired) electrons. The molecule has 0 saturated heterocycles. The van der Waals surface area contributed by atoms with Crippen molar-refractivity contribution >= 4 is 43.9 Å². The van der Waals surface area contributed by atoms with Gasteiger partial charge >= 0.3 is 0 Å². The predicted molar refractivity (Wildman–Crippen MR) is 144 cm³/mol. The first-order valence-electron chi connectivity index (χ1n) is 11.2. The van der Waals surface area contributed by atoms with Crippen LogP contribution >= 0.6 is 11.3 Å². The van der Waals surface area contributed by atoms with Crippen molar-refractivity contribution < 1.29 is 4.79 Å². The lowest BCUT2D eigenvalue weighted by atomic mass is 10.0. The Hall–Kier alpha value is -4.15. The number of amides is 1. The van der Waals surface area contributed by atoms with E-state index in [0.717, 1.165) is 48.2 Å². The van der Waals surface area contributed by atoms with Crippen molar-refractivity contribution in [1.82, 2.24) is 4.98 Å². The van der Waals surface area contributed by atoms with Gasteiger partial charge in [-0.3, -0.25) is 4.79 Å². The molecule has 0 spiro atoms. The number of hydrogen-bond donors (Lipinski definition) is 2. The van der Waals surface area contributed by atoms with E-state index in [1.54, 1.807) is 11.3 Å². The first-order chi connectivity index (χ1) is 16.7. The number of nitrogens with one attached hydrogen (secondary N) is 2. The SMILES string of the molecule is Cc1ccc(-c2ccc3c(C(=O)Nc4ccc5[nH]ccc5c4)c(-c4ccccc4)sc3c2)cc1. The molecule has 0 unspecified atom stereocenters. The van der Waals surface area contributed by atoms with Crippen LogP contribution in [0.15, 0.2) is 103 Å². The second kappa shape index (κ2) is 8.32. The Morgan fingerprint density at radius 1 is 0.794 bits per heavy atom. The van der Waals surface area contributed by atoms with Crippen molar-refractivity contribution in [2.24, 2.45) is 0 Å². The van der Waals surface area contributed by atoms with Crippen LogP contribution in [-0.2, 0) is 0 Å². The molecule has 0 atom stereocenters. The maximum absolute atomic E-state index is 13.6. The number of aryl methyl sites for hydroxylation is 1. The van der Waals surface area contributed by atoms with Crippen LogP contribution in [0.5, 0.6) is 0 Å². The highest BCUT2D eigenvalue weighted by Gasteiger charge is 2.21. The molecule has 2 heterocycles. The lowest BCUT2D eigenvalue weighted by Crippen LogP contribution is -2.12. The summed E-state index contributed by atoms with van der Waals surface area (Å²) in [5.41, 5.74) is 7.16. The number of carbonyl (C=O) groups excluding carboxylic acids is 1. The molecule has 0 aliphatic rings. The number of thiophene rings is 1. The molecule has 4 heteroatoms. The molecular weight excluding hydrogens is 436 g/mol. The summed E-state index contributed by atoms with van der Waals surface area (Å²) in [5, 5.41) is 5.18. The Labute approximate surface area is 201 Å². The molecule has 0 saturated carbocycles. The summed E-state index contributed by atoms with van der Waals surface area (Å²) >= 11 is 1.67. The zero-order valence-electron chi connectivity index (χ0n) is 18.6. The second-order valence-electron chi connectivity index (χ2n) is 8.48. The van der Waals surface area contributed by atoms with E-state index in [0.29, 0.717) is 0 Å². The zero-order valence-corrected chi connectivity index (χ0v) is 19.4. The van der Waals surface area contributed by atoms with Gasteiger partial charge in [-0.15, -0.1) is 11.3 Å². The Kier molecular flexibility index (Phi) is 5.01. The monoisotopic (exact) mass is 458 g/mol. The van der Waals surface area contributed by atoms with E-state index >= 15 is 0 Å². The molecule has 6 rings (SSSR count). The van der Waals surface area contributed by atoms with Crippen molar-refractivity contribution in [2.75, 3.05) is 5.32 Å². The summed E-state index contributed by atoms with van der Waals surface area (Å²) < 4.78 is 1.10. The molecule has 2 N–H and O–H groups in total. The molecular formula is C30H22N2OS. The number of aromatic amines is 1. The largest absolute Gasteiger partial charge is 0.361 e. The Morgan fingerprint density at radius 3 is 2.41 bits per heavy atom. The molecule has 0 bridgehead atoms. The van der Waals surface area contributed by atoms with Gasteiger partial charge in [-0.25, -0.2) is 0 Å². The van der Waals surface area contributed by atoms with Crippen LogP contribution in [0.25, 0.3) is 42.6 Å². The third-order valence-corrected chi connectivity index (χ3v) is 7.35. The summed E-state index contributed by atoms with van der Waals surface area (Å²) in [6.45, 7) is 2.09. The summed E-state index contributed by atoms with van der Waals surface area (Å²) in [4.78, 5) is 17.8. The topological polar surface area (TPSA) is 44.9 Å². The van der Waals surface area contributed by atoms with E-state index < -0.39 is 0 Å². The molecule has 0 fully saturated rings. The van der Waals surface area contributed by atoms with E-state index in [4.69, 9.17) is 0 Å². The number of fused-ring (bicyclic) bond motifs is 2. The first-order valence-corrected chi connectivity index (χ1v) is 12.0. The predicted octanol–water partition coefficient (Wildman–Crippen LogP) is 8.28. The first kappa shape index (κ1) is 20.5. The van der Waals surface area contributed by atoms with Gasteiger partial charge in [0.15, 0.2) is 0 Å².